The van der Waals surface area contributed by atoms with Gasteiger partial charge in [-0.15, -0.1) is 0 Å². The molecular formula is C22H28N6O. The van der Waals surface area contributed by atoms with Gasteiger partial charge in [0.25, 0.3) is 0 Å². The van der Waals surface area contributed by atoms with E-state index in [0.29, 0.717) is 6.54 Å². The lowest BCUT2D eigenvalue weighted by Gasteiger charge is -2.12. The van der Waals surface area contributed by atoms with Crippen molar-refractivity contribution in [3.8, 4) is 11.6 Å². The number of hydrogen-bond donors (Lipinski definition) is 2. The third kappa shape index (κ3) is 5.81. The summed E-state index contributed by atoms with van der Waals surface area (Å²) in [6, 6.07) is 12.2. The van der Waals surface area contributed by atoms with Gasteiger partial charge in [-0.05, 0) is 61.2 Å². The zero-order chi connectivity index (χ0) is 20.5. The van der Waals surface area contributed by atoms with Gasteiger partial charge in [-0.1, -0.05) is 12.1 Å². The number of aryl methyl sites for hydroxylation is 1. The standard InChI is InChI=1S/C22H28N6O/c1-4-23-22(25-12-8-18-7-6-17(2)20(14-18)29-3)26-16-19-9-11-24-21(15-19)28-13-5-10-27-28/h5-7,9-11,13-15H,4,8,12,16H2,1-3H3,(H2,23,25,26). The molecule has 2 heterocycles. The number of rotatable bonds is 8. The van der Waals surface area contributed by atoms with Crippen LogP contribution in [-0.4, -0.2) is 40.9 Å². The van der Waals surface area contributed by atoms with Gasteiger partial charge < -0.3 is 15.4 Å². The molecule has 7 heteroatoms. The number of nitrogens with zero attached hydrogens (tertiary/aromatic N) is 4. The van der Waals surface area contributed by atoms with Crippen LogP contribution in [0, 0.1) is 6.92 Å². The average molecular weight is 393 g/mol. The van der Waals surface area contributed by atoms with Gasteiger partial charge in [0.1, 0.15) is 5.75 Å². The molecule has 152 valence electrons. The highest BCUT2D eigenvalue weighted by atomic mass is 16.5. The quantitative estimate of drug-likeness (QED) is 0.455. The van der Waals surface area contributed by atoms with Crippen molar-refractivity contribution in [3.05, 3.63) is 71.7 Å². The topological polar surface area (TPSA) is 76.4 Å². The van der Waals surface area contributed by atoms with Crippen LogP contribution in [0.3, 0.4) is 0 Å². The largest absolute Gasteiger partial charge is 0.496 e. The van der Waals surface area contributed by atoms with E-state index in [1.165, 1.54) is 5.56 Å². The zero-order valence-electron chi connectivity index (χ0n) is 17.2. The monoisotopic (exact) mass is 392 g/mol. The normalized spacial score (nSPS) is 11.3. The van der Waals surface area contributed by atoms with E-state index >= 15 is 0 Å². The molecule has 0 atom stereocenters. The summed E-state index contributed by atoms with van der Waals surface area (Å²) in [5.41, 5.74) is 3.45. The number of aliphatic imine (C=N–C) groups is 1. The molecule has 0 bridgehead atoms. The molecule has 2 aromatic heterocycles. The number of methoxy groups -OCH3 is 1. The van der Waals surface area contributed by atoms with Gasteiger partial charge in [0.2, 0.25) is 0 Å². The maximum atomic E-state index is 5.41. The van der Waals surface area contributed by atoms with Crippen molar-refractivity contribution in [1.29, 1.82) is 0 Å². The number of benzene rings is 1. The van der Waals surface area contributed by atoms with Crippen molar-refractivity contribution in [3.63, 3.8) is 0 Å². The molecule has 0 radical (unpaired) electrons. The van der Waals surface area contributed by atoms with Crippen molar-refractivity contribution >= 4 is 5.96 Å². The van der Waals surface area contributed by atoms with Crippen molar-refractivity contribution in [2.24, 2.45) is 4.99 Å². The summed E-state index contributed by atoms with van der Waals surface area (Å²) in [5, 5.41) is 10.9. The summed E-state index contributed by atoms with van der Waals surface area (Å²) < 4.78 is 7.15. The van der Waals surface area contributed by atoms with Crippen LogP contribution in [0.1, 0.15) is 23.6 Å². The Labute approximate surface area is 171 Å². The Balaban J connectivity index is 1.59. The highest BCUT2D eigenvalue weighted by Gasteiger charge is 2.03. The second-order valence-corrected chi connectivity index (χ2v) is 6.65. The second-order valence-electron chi connectivity index (χ2n) is 6.65. The van der Waals surface area contributed by atoms with Crippen LogP contribution in [0.15, 0.2) is 60.0 Å². The Kier molecular flexibility index (Phi) is 7.22. The van der Waals surface area contributed by atoms with Gasteiger partial charge in [-0.3, -0.25) is 0 Å². The highest BCUT2D eigenvalue weighted by molar-refractivity contribution is 5.79. The lowest BCUT2D eigenvalue weighted by Crippen LogP contribution is -2.38. The molecule has 3 aromatic rings. The Bertz CT molecular complexity index is 936. The van der Waals surface area contributed by atoms with E-state index in [1.54, 1.807) is 24.2 Å². The van der Waals surface area contributed by atoms with Crippen LogP contribution in [0.5, 0.6) is 5.75 Å². The SMILES string of the molecule is CCNC(=NCc1ccnc(-n2cccn2)c1)NCCc1ccc(C)c(OC)c1. The van der Waals surface area contributed by atoms with Crippen LogP contribution >= 0.6 is 0 Å². The molecule has 0 aliphatic carbocycles. The summed E-state index contributed by atoms with van der Waals surface area (Å²) in [5.74, 6) is 2.51. The third-order valence-corrected chi connectivity index (χ3v) is 4.49. The summed E-state index contributed by atoms with van der Waals surface area (Å²) >= 11 is 0. The summed E-state index contributed by atoms with van der Waals surface area (Å²) in [6.45, 7) is 6.26. The van der Waals surface area contributed by atoms with E-state index in [0.717, 1.165) is 48.2 Å². The van der Waals surface area contributed by atoms with E-state index in [9.17, 15) is 0 Å². The van der Waals surface area contributed by atoms with Gasteiger partial charge in [0, 0.05) is 31.7 Å². The molecule has 29 heavy (non-hydrogen) atoms. The van der Waals surface area contributed by atoms with E-state index in [4.69, 9.17) is 9.73 Å². The number of hydrogen-bond acceptors (Lipinski definition) is 4. The predicted molar refractivity (Wildman–Crippen MR) is 116 cm³/mol. The Morgan fingerprint density at radius 3 is 2.79 bits per heavy atom. The first-order chi connectivity index (χ1) is 14.2. The van der Waals surface area contributed by atoms with E-state index in [1.807, 2.05) is 31.3 Å². The number of pyridine rings is 1. The average Bonchev–Trinajstić information content (AvgIpc) is 3.28. The molecule has 0 spiro atoms. The van der Waals surface area contributed by atoms with Crippen LogP contribution < -0.4 is 15.4 Å². The molecule has 3 rings (SSSR count). The lowest BCUT2D eigenvalue weighted by atomic mass is 10.1. The Morgan fingerprint density at radius 2 is 2.03 bits per heavy atom. The summed E-state index contributed by atoms with van der Waals surface area (Å²) in [7, 11) is 1.71. The molecule has 0 amide bonds. The fourth-order valence-corrected chi connectivity index (χ4v) is 2.95. The van der Waals surface area contributed by atoms with Crippen molar-refractivity contribution in [2.75, 3.05) is 20.2 Å². The van der Waals surface area contributed by atoms with Gasteiger partial charge in [-0.25, -0.2) is 14.7 Å². The minimum atomic E-state index is 0.560. The van der Waals surface area contributed by atoms with Crippen LogP contribution in [0.4, 0.5) is 0 Å². The first-order valence-electron chi connectivity index (χ1n) is 9.80. The molecule has 2 N–H and O–H groups in total. The van der Waals surface area contributed by atoms with Crippen LogP contribution in [0.25, 0.3) is 5.82 Å². The third-order valence-electron chi connectivity index (χ3n) is 4.49. The molecule has 0 saturated heterocycles. The molecule has 0 saturated carbocycles. The number of aromatic nitrogens is 3. The summed E-state index contributed by atoms with van der Waals surface area (Å²) in [6.07, 6.45) is 6.29. The van der Waals surface area contributed by atoms with E-state index < -0.39 is 0 Å². The molecule has 0 fully saturated rings. The van der Waals surface area contributed by atoms with Crippen molar-refractivity contribution in [1.82, 2.24) is 25.4 Å². The lowest BCUT2D eigenvalue weighted by molar-refractivity contribution is 0.411. The zero-order valence-corrected chi connectivity index (χ0v) is 17.2. The molecular weight excluding hydrogens is 364 g/mol. The number of guanidine groups is 1. The number of ether oxygens (including phenoxy) is 1. The second kappa shape index (κ2) is 10.3. The first kappa shape index (κ1) is 20.4. The van der Waals surface area contributed by atoms with Gasteiger partial charge in [0.15, 0.2) is 11.8 Å². The van der Waals surface area contributed by atoms with Gasteiger partial charge in [-0.2, -0.15) is 5.10 Å². The molecule has 0 aliphatic rings. The molecule has 7 nitrogen and oxygen atoms in total. The summed E-state index contributed by atoms with van der Waals surface area (Å²) in [4.78, 5) is 9.06. The van der Waals surface area contributed by atoms with Crippen LogP contribution in [0.2, 0.25) is 0 Å². The first-order valence-corrected chi connectivity index (χ1v) is 9.80. The minimum absolute atomic E-state index is 0.560. The van der Waals surface area contributed by atoms with E-state index in [-0.39, 0.29) is 0 Å². The maximum Gasteiger partial charge on any atom is 0.191 e. The predicted octanol–water partition coefficient (Wildman–Crippen LogP) is 2.88. The van der Waals surface area contributed by atoms with Crippen molar-refractivity contribution in [2.45, 2.75) is 26.8 Å². The Morgan fingerprint density at radius 1 is 1.14 bits per heavy atom. The number of nitrogens with one attached hydrogen (secondary N) is 2. The van der Waals surface area contributed by atoms with Gasteiger partial charge in [0.05, 0.1) is 13.7 Å². The molecule has 1 aromatic carbocycles. The fraction of sp³-hybridized carbons (Fsp3) is 0.318. The van der Waals surface area contributed by atoms with Crippen LogP contribution in [-0.2, 0) is 13.0 Å². The van der Waals surface area contributed by atoms with Gasteiger partial charge >= 0.3 is 0 Å². The van der Waals surface area contributed by atoms with Crippen molar-refractivity contribution < 1.29 is 4.74 Å². The maximum absolute atomic E-state index is 5.41. The highest BCUT2D eigenvalue weighted by Crippen LogP contribution is 2.19. The smallest absolute Gasteiger partial charge is 0.191 e. The fourth-order valence-electron chi connectivity index (χ4n) is 2.95. The minimum Gasteiger partial charge on any atom is -0.496 e. The Hall–Kier alpha value is -3.35. The molecule has 0 aliphatic heterocycles. The van der Waals surface area contributed by atoms with E-state index in [2.05, 4.69) is 45.8 Å². The molecule has 0 unspecified atom stereocenters.